The summed E-state index contributed by atoms with van der Waals surface area (Å²) in [5.74, 6) is 0.454. The van der Waals surface area contributed by atoms with Gasteiger partial charge in [-0.25, -0.2) is 0 Å². The molecule has 0 saturated carbocycles. The van der Waals surface area contributed by atoms with Gasteiger partial charge in [-0.15, -0.1) is 15.3 Å². The second-order valence-corrected chi connectivity index (χ2v) is 5.70. The van der Waals surface area contributed by atoms with Gasteiger partial charge in [0, 0.05) is 13.0 Å². The summed E-state index contributed by atoms with van der Waals surface area (Å²) in [5.41, 5.74) is 0.911. The number of benzene rings is 1. The maximum Gasteiger partial charge on any atom is 0.453 e. The summed E-state index contributed by atoms with van der Waals surface area (Å²) in [5, 5.41) is 13.5. The van der Waals surface area contributed by atoms with E-state index in [1.165, 1.54) is 6.07 Å². The molecule has 0 aliphatic carbocycles. The molecule has 0 unspecified atom stereocenters. The fourth-order valence-corrected chi connectivity index (χ4v) is 2.57. The predicted octanol–water partition coefficient (Wildman–Crippen LogP) is 2.92. The zero-order valence-corrected chi connectivity index (χ0v) is 13.5. The van der Waals surface area contributed by atoms with Crippen molar-refractivity contribution >= 4 is 11.5 Å². The van der Waals surface area contributed by atoms with E-state index < -0.39 is 12.0 Å². The Bertz CT molecular complexity index is 941. The molecule has 7 nitrogen and oxygen atoms in total. The van der Waals surface area contributed by atoms with Crippen LogP contribution in [0.1, 0.15) is 17.8 Å². The number of aromatic nitrogens is 4. The largest absolute Gasteiger partial charge is 0.490 e. The van der Waals surface area contributed by atoms with Crippen LogP contribution in [0.25, 0.3) is 5.65 Å². The van der Waals surface area contributed by atoms with Crippen molar-refractivity contribution in [2.24, 2.45) is 0 Å². The van der Waals surface area contributed by atoms with E-state index in [4.69, 9.17) is 9.47 Å². The van der Waals surface area contributed by atoms with Crippen molar-refractivity contribution in [3.63, 3.8) is 0 Å². The second-order valence-electron chi connectivity index (χ2n) is 5.70. The Morgan fingerprint density at radius 2 is 1.85 bits per heavy atom. The number of nitrogens with zero attached hydrogens (tertiary/aromatic N) is 4. The van der Waals surface area contributed by atoms with Crippen LogP contribution in [-0.4, -0.2) is 33.0 Å². The Morgan fingerprint density at radius 3 is 2.65 bits per heavy atom. The highest BCUT2D eigenvalue weighted by Crippen LogP contribution is 2.31. The SMILES string of the molecule is FC(F)(F)c1nnc2ccc(NCc3ccc4c(c3)OCCCO4)nn12. The number of alkyl halides is 3. The third kappa shape index (κ3) is 3.22. The van der Waals surface area contributed by atoms with E-state index in [2.05, 4.69) is 20.6 Å². The normalized spacial score (nSPS) is 14.3. The minimum Gasteiger partial charge on any atom is -0.490 e. The monoisotopic (exact) mass is 365 g/mol. The Hall–Kier alpha value is -3.04. The van der Waals surface area contributed by atoms with Gasteiger partial charge in [-0.05, 0) is 29.8 Å². The van der Waals surface area contributed by atoms with Gasteiger partial charge in [0.05, 0.1) is 13.2 Å². The van der Waals surface area contributed by atoms with E-state index >= 15 is 0 Å². The Labute approximate surface area is 145 Å². The Kier molecular flexibility index (Phi) is 4.02. The van der Waals surface area contributed by atoms with Crippen LogP contribution in [0.2, 0.25) is 0 Å². The topological polar surface area (TPSA) is 73.6 Å². The van der Waals surface area contributed by atoms with E-state index in [9.17, 15) is 13.2 Å². The minimum absolute atomic E-state index is 0.0263. The smallest absolute Gasteiger partial charge is 0.453 e. The van der Waals surface area contributed by atoms with Crippen LogP contribution in [0, 0.1) is 0 Å². The molecule has 1 N–H and O–H groups in total. The van der Waals surface area contributed by atoms with Gasteiger partial charge in [-0.1, -0.05) is 6.07 Å². The molecule has 0 saturated heterocycles. The van der Waals surface area contributed by atoms with Crippen molar-refractivity contribution in [1.29, 1.82) is 0 Å². The molecule has 0 atom stereocenters. The van der Waals surface area contributed by atoms with E-state index in [0.29, 0.717) is 35.8 Å². The van der Waals surface area contributed by atoms with Gasteiger partial charge in [-0.3, -0.25) is 0 Å². The van der Waals surface area contributed by atoms with Crippen molar-refractivity contribution in [3.05, 3.63) is 41.7 Å². The first kappa shape index (κ1) is 16.4. The molecular weight excluding hydrogens is 351 g/mol. The number of fused-ring (bicyclic) bond motifs is 2. The number of nitrogens with one attached hydrogen (secondary N) is 1. The molecular formula is C16H14F3N5O2. The fourth-order valence-electron chi connectivity index (χ4n) is 2.57. The lowest BCUT2D eigenvalue weighted by Gasteiger charge is -2.11. The van der Waals surface area contributed by atoms with Crippen molar-refractivity contribution in [1.82, 2.24) is 19.8 Å². The molecule has 0 spiro atoms. The maximum atomic E-state index is 12.9. The first-order valence-corrected chi connectivity index (χ1v) is 7.93. The van der Waals surface area contributed by atoms with Crippen LogP contribution in [0.4, 0.5) is 19.0 Å². The summed E-state index contributed by atoms with van der Waals surface area (Å²) in [6.07, 6.45) is -3.81. The standard InChI is InChI=1S/C16H14F3N5O2/c17-16(18,19)15-22-21-14-5-4-13(23-24(14)15)20-9-10-2-3-11-12(8-10)26-7-1-6-25-11/h2-5,8H,1,6-7,9H2,(H,20,23). The number of rotatable bonds is 3. The molecule has 4 rings (SSSR count). The van der Waals surface area contributed by atoms with E-state index in [0.717, 1.165) is 12.0 Å². The second kappa shape index (κ2) is 6.36. The highest BCUT2D eigenvalue weighted by atomic mass is 19.4. The highest BCUT2D eigenvalue weighted by Gasteiger charge is 2.37. The number of ether oxygens (including phenoxy) is 2. The average Bonchev–Trinajstić information content (AvgIpc) is 2.90. The van der Waals surface area contributed by atoms with Crippen LogP contribution in [0.15, 0.2) is 30.3 Å². The van der Waals surface area contributed by atoms with Crippen LogP contribution >= 0.6 is 0 Å². The zero-order chi connectivity index (χ0) is 18.1. The molecule has 0 radical (unpaired) electrons. The number of hydrogen-bond acceptors (Lipinski definition) is 6. The molecule has 0 amide bonds. The summed E-state index contributed by atoms with van der Waals surface area (Å²) in [7, 11) is 0. The summed E-state index contributed by atoms with van der Waals surface area (Å²) < 4.78 is 50.6. The zero-order valence-electron chi connectivity index (χ0n) is 13.5. The van der Waals surface area contributed by atoms with E-state index in [1.807, 2.05) is 18.2 Å². The van der Waals surface area contributed by atoms with Crippen LogP contribution in [0.5, 0.6) is 11.5 Å². The highest BCUT2D eigenvalue weighted by molar-refractivity contribution is 5.47. The van der Waals surface area contributed by atoms with Crippen molar-refractivity contribution in [3.8, 4) is 11.5 Å². The van der Waals surface area contributed by atoms with Crippen LogP contribution < -0.4 is 14.8 Å². The lowest BCUT2D eigenvalue weighted by molar-refractivity contribution is -0.146. The molecule has 0 bridgehead atoms. The number of anilines is 1. The van der Waals surface area contributed by atoms with Gasteiger partial charge >= 0.3 is 6.18 Å². The van der Waals surface area contributed by atoms with Gasteiger partial charge in [0.1, 0.15) is 5.82 Å². The number of hydrogen-bond donors (Lipinski definition) is 1. The van der Waals surface area contributed by atoms with Gasteiger partial charge in [0.15, 0.2) is 17.1 Å². The van der Waals surface area contributed by atoms with Gasteiger partial charge in [0.25, 0.3) is 5.82 Å². The molecule has 1 aliphatic rings. The molecule has 1 aromatic carbocycles. The van der Waals surface area contributed by atoms with Crippen LogP contribution in [-0.2, 0) is 12.7 Å². The van der Waals surface area contributed by atoms with Gasteiger partial charge in [0.2, 0.25) is 0 Å². The lowest BCUT2D eigenvalue weighted by Crippen LogP contribution is -2.13. The number of halogens is 3. The van der Waals surface area contributed by atoms with Crippen molar-refractivity contribution in [2.75, 3.05) is 18.5 Å². The third-order valence-corrected chi connectivity index (χ3v) is 3.80. The summed E-state index contributed by atoms with van der Waals surface area (Å²) in [6.45, 7) is 1.55. The first-order valence-electron chi connectivity index (χ1n) is 7.93. The first-order chi connectivity index (χ1) is 12.5. The fraction of sp³-hybridized carbons (Fsp3) is 0.312. The van der Waals surface area contributed by atoms with E-state index in [-0.39, 0.29) is 11.5 Å². The Balaban J connectivity index is 1.54. The average molecular weight is 365 g/mol. The molecule has 1 aliphatic heterocycles. The molecule has 0 fully saturated rings. The van der Waals surface area contributed by atoms with Crippen molar-refractivity contribution < 1.29 is 22.6 Å². The maximum absolute atomic E-state index is 12.9. The quantitative estimate of drug-likeness (QED) is 0.769. The Morgan fingerprint density at radius 1 is 1.04 bits per heavy atom. The molecule has 26 heavy (non-hydrogen) atoms. The molecule has 3 heterocycles. The lowest BCUT2D eigenvalue weighted by atomic mass is 10.2. The molecule has 3 aromatic rings. The third-order valence-electron chi connectivity index (χ3n) is 3.80. The minimum atomic E-state index is -4.63. The molecule has 10 heteroatoms. The van der Waals surface area contributed by atoms with E-state index in [1.54, 1.807) is 6.07 Å². The molecule has 136 valence electrons. The predicted molar refractivity (Wildman–Crippen MR) is 85.2 cm³/mol. The van der Waals surface area contributed by atoms with Gasteiger partial charge in [-0.2, -0.15) is 17.7 Å². The van der Waals surface area contributed by atoms with Crippen molar-refractivity contribution in [2.45, 2.75) is 19.1 Å². The molecule has 2 aromatic heterocycles. The summed E-state index contributed by atoms with van der Waals surface area (Å²) >= 11 is 0. The van der Waals surface area contributed by atoms with Gasteiger partial charge < -0.3 is 14.8 Å². The summed E-state index contributed by atoms with van der Waals surface area (Å²) in [4.78, 5) is 0. The van der Waals surface area contributed by atoms with Crippen LogP contribution in [0.3, 0.4) is 0 Å². The summed E-state index contributed by atoms with van der Waals surface area (Å²) in [6, 6.07) is 8.49.